The fraction of sp³-hybridized carbons (Fsp3) is 0.208. The van der Waals surface area contributed by atoms with Crippen molar-refractivity contribution in [2.75, 3.05) is 22.3 Å². The van der Waals surface area contributed by atoms with Gasteiger partial charge in [-0.05, 0) is 61.7 Å². The Morgan fingerprint density at radius 1 is 1.03 bits per heavy atom. The highest BCUT2D eigenvalue weighted by Gasteiger charge is 2.31. The van der Waals surface area contributed by atoms with E-state index in [9.17, 15) is 13.2 Å². The predicted molar refractivity (Wildman–Crippen MR) is 127 cm³/mol. The summed E-state index contributed by atoms with van der Waals surface area (Å²) in [5, 5.41) is 0. The minimum Gasteiger partial charge on any atom is -0.311 e. The maximum atomic E-state index is 13.6. The number of benzene rings is 3. The Kier molecular flexibility index (Phi) is 6.16. The van der Waals surface area contributed by atoms with Crippen LogP contribution in [0.4, 0.5) is 11.4 Å². The third kappa shape index (κ3) is 4.52. The molecule has 0 N–H and O–H groups in total. The molecular weight excluding hydrogens is 476 g/mol. The second-order valence-corrected chi connectivity index (χ2v) is 10.4. The van der Waals surface area contributed by atoms with Gasteiger partial charge in [-0.25, -0.2) is 8.42 Å². The van der Waals surface area contributed by atoms with Gasteiger partial charge in [-0.3, -0.25) is 9.10 Å². The standard InChI is InChI=1S/C24H23BrN2O3S/c1-18-11-13-22(14-12-18)31(29,30)27(21-9-4-8-20(25)16-21)17-24(28)26-15-5-7-19-6-2-3-10-23(19)26/h2-4,6,8-14,16H,5,7,15,17H2,1H3. The Labute approximate surface area is 191 Å². The minimum absolute atomic E-state index is 0.157. The third-order valence-electron chi connectivity index (χ3n) is 5.40. The van der Waals surface area contributed by atoms with E-state index in [4.69, 9.17) is 0 Å². The zero-order chi connectivity index (χ0) is 22.0. The number of carbonyl (C=O) groups is 1. The topological polar surface area (TPSA) is 57.7 Å². The lowest BCUT2D eigenvalue weighted by Gasteiger charge is -2.32. The molecule has 1 aliphatic rings. The first-order chi connectivity index (χ1) is 14.9. The highest BCUT2D eigenvalue weighted by atomic mass is 79.9. The summed E-state index contributed by atoms with van der Waals surface area (Å²) in [6.07, 6.45) is 1.77. The monoisotopic (exact) mass is 498 g/mol. The summed E-state index contributed by atoms with van der Waals surface area (Å²) in [7, 11) is -3.93. The van der Waals surface area contributed by atoms with Gasteiger partial charge in [0, 0.05) is 16.7 Å². The number of amides is 1. The summed E-state index contributed by atoms with van der Waals surface area (Å²) in [5.41, 5.74) is 3.38. The number of hydrogen-bond acceptors (Lipinski definition) is 3. The van der Waals surface area contributed by atoms with Crippen LogP contribution in [0.3, 0.4) is 0 Å². The van der Waals surface area contributed by atoms with Crippen molar-refractivity contribution in [3.05, 3.63) is 88.4 Å². The normalized spacial score (nSPS) is 13.5. The Morgan fingerprint density at radius 3 is 2.52 bits per heavy atom. The zero-order valence-electron chi connectivity index (χ0n) is 17.2. The van der Waals surface area contributed by atoms with E-state index < -0.39 is 10.0 Å². The molecule has 0 spiro atoms. The molecule has 1 amide bonds. The molecule has 0 saturated heterocycles. The van der Waals surface area contributed by atoms with Crippen LogP contribution in [0.1, 0.15) is 17.5 Å². The lowest BCUT2D eigenvalue weighted by atomic mass is 10.0. The maximum Gasteiger partial charge on any atom is 0.264 e. The van der Waals surface area contributed by atoms with Crippen LogP contribution in [0, 0.1) is 6.92 Å². The first-order valence-electron chi connectivity index (χ1n) is 10.1. The van der Waals surface area contributed by atoms with Gasteiger partial charge in [-0.2, -0.15) is 0 Å². The van der Waals surface area contributed by atoms with Crippen LogP contribution in [-0.2, 0) is 21.2 Å². The first kappa shape index (κ1) is 21.6. The van der Waals surface area contributed by atoms with Crippen molar-refractivity contribution in [2.45, 2.75) is 24.7 Å². The molecular formula is C24H23BrN2O3S. The molecule has 3 aromatic rings. The molecule has 0 aromatic heterocycles. The number of rotatable bonds is 5. The molecule has 3 aromatic carbocycles. The number of anilines is 2. The molecule has 0 aliphatic carbocycles. The van der Waals surface area contributed by atoms with Gasteiger partial charge in [-0.1, -0.05) is 57.9 Å². The van der Waals surface area contributed by atoms with Crippen molar-refractivity contribution < 1.29 is 13.2 Å². The van der Waals surface area contributed by atoms with Gasteiger partial charge in [0.25, 0.3) is 10.0 Å². The molecule has 5 nitrogen and oxygen atoms in total. The van der Waals surface area contributed by atoms with Crippen LogP contribution in [0.5, 0.6) is 0 Å². The molecule has 160 valence electrons. The van der Waals surface area contributed by atoms with E-state index in [-0.39, 0.29) is 17.3 Å². The second kappa shape index (κ2) is 8.85. The Morgan fingerprint density at radius 2 is 1.77 bits per heavy atom. The highest BCUT2D eigenvalue weighted by Crippen LogP contribution is 2.30. The van der Waals surface area contributed by atoms with Crippen LogP contribution in [0.25, 0.3) is 0 Å². The van der Waals surface area contributed by atoms with Crippen LogP contribution in [0.15, 0.2) is 82.2 Å². The Balaban J connectivity index is 1.72. The molecule has 4 rings (SSSR count). The molecule has 0 saturated carbocycles. The predicted octanol–water partition coefficient (Wildman–Crippen LogP) is 4.93. The average Bonchev–Trinajstić information content (AvgIpc) is 2.77. The summed E-state index contributed by atoms with van der Waals surface area (Å²) in [5.74, 6) is -0.247. The molecule has 31 heavy (non-hydrogen) atoms. The zero-order valence-corrected chi connectivity index (χ0v) is 19.6. The number of carbonyl (C=O) groups excluding carboxylic acids is 1. The quantitative estimate of drug-likeness (QED) is 0.500. The smallest absolute Gasteiger partial charge is 0.264 e. The van der Waals surface area contributed by atoms with Gasteiger partial charge in [0.05, 0.1) is 10.6 Å². The van der Waals surface area contributed by atoms with Gasteiger partial charge in [-0.15, -0.1) is 0 Å². The number of fused-ring (bicyclic) bond motifs is 1. The van der Waals surface area contributed by atoms with E-state index >= 15 is 0 Å². The number of nitrogens with zero attached hydrogens (tertiary/aromatic N) is 2. The number of hydrogen-bond donors (Lipinski definition) is 0. The lowest BCUT2D eigenvalue weighted by Crippen LogP contribution is -2.45. The van der Waals surface area contributed by atoms with Crippen LogP contribution in [-0.4, -0.2) is 27.4 Å². The minimum atomic E-state index is -3.93. The van der Waals surface area contributed by atoms with Gasteiger partial charge >= 0.3 is 0 Å². The molecule has 0 unspecified atom stereocenters. The highest BCUT2D eigenvalue weighted by molar-refractivity contribution is 9.10. The van der Waals surface area contributed by atoms with Crippen LogP contribution in [0.2, 0.25) is 0 Å². The molecule has 0 atom stereocenters. The van der Waals surface area contributed by atoms with E-state index in [1.165, 1.54) is 4.31 Å². The van der Waals surface area contributed by atoms with E-state index in [0.717, 1.165) is 34.1 Å². The van der Waals surface area contributed by atoms with Crippen LogP contribution < -0.4 is 9.21 Å². The number of sulfonamides is 1. The molecule has 7 heteroatoms. The van der Waals surface area contributed by atoms with E-state index in [2.05, 4.69) is 15.9 Å². The molecule has 0 radical (unpaired) electrons. The van der Waals surface area contributed by atoms with E-state index in [1.807, 2.05) is 37.3 Å². The fourth-order valence-electron chi connectivity index (χ4n) is 3.78. The number of para-hydroxylation sites is 1. The van der Waals surface area contributed by atoms with E-state index in [0.29, 0.717) is 12.2 Å². The third-order valence-corrected chi connectivity index (χ3v) is 7.68. The summed E-state index contributed by atoms with van der Waals surface area (Å²) in [4.78, 5) is 15.2. The maximum absolute atomic E-state index is 13.6. The Bertz CT molecular complexity index is 1210. The van der Waals surface area contributed by atoms with Crippen molar-refractivity contribution in [1.82, 2.24) is 0 Å². The molecule has 0 bridgehead atoms. The molecule has 0 fully saturated rings. The SMILES string of the molecule is Cc1ccc(S(=O)(=O)N(CC(=O)N2CCCc3ccccc32)c2cccc(Br)c2)cc1. The largest absolute Gasteiger partial charge is 0.311 e. The summed E-state index contributed by atoms with van der Waals surface area (Å²) in [6, 6.07) is 21.5. The van der Waals surface area contributed by atoms with E-state index in [1.54, 1.807) is 47.4 Å². The fourth-order valence-corrected chi connectivity index (χ4v) is 5.58. The van der Waals surface area contributed by atoms with Crippen LogP contribution >= 0.6 is 15.9 Å². The number of aryl methyl sites for hydroxylation is 2. The van der Waals surface area contributed by atoms with Crippen molar-refractivity contribution >= 4 is 43.2 Å². The summed E-state index contributed by atoms with van der Waals surface area (Å²) < 4.78 is 29.1. The lowest BCUT2D eigenvalue weighted by molar-refractivity contribution is -0.117. The van der Waals surface area contributed by atoms with Gasteiger partial charge in [0.1, 0.15) is 6.54 Å². The first-order valence-corrected chi connectivity index (χ1v) is 12.3. The van der Waals surface area contributed by atoms with Crippen molar-refractivity contribution in [3.8, 4) is 0 Å². The number of halogens is 1. The van der Waals surface area contributed by atoms with Crippen molar-refractivity contribution in [3.63, 3.8) is 0 Å². The average molecular weight is 499 g/mol. The second-order valence-electron chi connectivity index (χ2n) is 7.58. The van der Waals surface area contributed by atoms with Gasteiger partial charge in [0.2, 0.25) is 5.91 Å². The van der Waals surface area contributed by atoms with Gasteiger partial charge in [0.15, 0.2) is 0 Å². The summed E-state index contributed by atoms with van der Waals surface area (Å²) >= 11 is 3.41. The Hall–Kier alpha value is -2.64. The molecule has 1 aliphatic heterocycles. The van der Waals surface area contributed by atoms with Crippen molar-refractivity contribution in [2.24, 2.45) is 0 Å². The van der Waals surface area contributed by atoms with Crippen molar-refractivity contribution in [1.29, 1.82) is 0 Å². The summed E-state index contributed by atoms with van der Waals surface area (Å²) in [6.45, 7) is 2.20. The molecule has 1 heterocycles. The van der Waals surface area contributed by atoms with Gasteiger partial charge < -0.3 is 4.90 Å².